The maximum atomic E-state index is 13.2. The van der Waals surface area contributed by atoms with Gasteiger partial charge in [-0.25, -0.2) is 13.8 Å². The number of halogens is 2. The molecule has 0 unspecified atom stereocenters. The molecule has 3 rings (SSSR count). The van der Waals surface area contributed by atoms with E-state index in [4.69, 9.17) is 4.74 Å². The minimum atomic E-state index is -1.01. The molecule has 140 valence electrons. The number of imidazole rings is 1. The second-order valence-corrected chi connectivity index (χ2v) is 6.62. The number of thioether (sulfide) groups is 1. The van der Waals surface area contributed by atoms with Crippen LogP contribution in [0.15, 0.2) is 53.8 Å². The van der Waals surface area contributed by atoms with E-state index in [0.717, 1.165) is 29.1 Å². The van der Waals surface area contributed by atoms with Crippen LogP contribution in [0.4, 0.5) is 14.5 Å². The molecule has 0 fully saturated rings. The van der Waals surface area contributed by atoms with Crippen molar-refractivity contribution in [2.75, 3.05) is 18.2 Å². The van der Waals surface area contributed by atoms with Crippen LogP contribution in [-0.4, -0.2) is 28.3 Å². The molecule has 0 saturated carbocycles. The first-order valence-corrected chi connectivity index (χ1v) is 9.00. The minimum Gasteiger partial charge on any atom is -0.497 e. The number of methoxy groups -OCH3 is 1. The molecule has 27 heavy (non-hydrogen) atoms. The van der Waals surface area contributed by atoms with Gasteiger partial charge in [0.25, 0.3) is 0 Å². The van der Waals surface area contributed by atoms with Crippen molar-refractivity contribution < 1.29 is 18.3 Å². The monoisotopic (exact) mass is 389 g/mol. The van der Waals surface area contributed by atoms with Gasteiger partial charge in [-0.2, -0.15) is 0 Å². The van der Waals surface area contributed by atoms with Crippen molar-refractivity contribution in [2.45, 2.75) is 5.16 Å². The van der Waals surface area contributed by atoms with Gasteiger partial charge in [0.2, 0.25) is 5.91 Å². The Morgan fingerprint density at radius 1 is 1.19 bits per heavy atom. The first-order chi connectivity index (χ1) is 13.0. The predicted octanol–water partition coefficient (Wildman–Crippen LogP) is 4.10. The van der Waals surface area contributed by atoms with Crippen molar-refractivity contribution in [1.82, 2.24) is 9.55 Å². The summed E-state index contributed by atoms with van der Waals surface area (Å²) in [6, 6.07) is 10.8. The number of rotatable bonds is 6. The molecule has 0 spiro atoms. The molecule has 0 radical (unpaired) electrons. The average molecular weight is 389 g/mol. The van der Waals surface area contributed by atoms with Crippen LogP contribution in [-0.2, 0) is 11.8 Å². The zero-order valence-electron chi connectivity index (χ0n) is 14.7. The lowest BCUT2D eigenvalue weighted by atomic mass is 10.1. The molecule has 1 N–H and O–H groups in total. The highest BCUT2D eigenvalue weighted by Crippen LogP contribution is 2.26. The van der Waals surface area contributed by atoms with Crippen LogP contribution in [0.3, 0.4) is 0 Å². The molecule has 0 atom stereocenters. The molecule has 5 nitrogen and oxygen atoms in total. The zero-order valence-corrected chi connectivity index (χ0v) is 15.5. The molecule has 0 aliphatic rings. The Labute approximate surface area is 159 Å². The highest BCUT2D eigenvalue weighted by molar-refractivity contribution is 7.99. The fraction of sp³-hybridized carbons (Fsp3) is 0.158. The van der Waals surface area contributed by atoms with Crippen molar-refractivity contribution in [1.29, 1.82) is 0 Å². The third-order valence-electron chi connectivity index (χ3n) is 3.87. The van der Waals surface area contributed by atoms with Crippen LogP contribution >= 0.6 is 11.8 Å². The highest BCUT2D eigenvalue weighted by atomic mass is 32.2. The summed E-state index contributed by atoms with van der Waals surface area (Å²) < 4.78 is 33.2. The summed E-state index contributed by atoms with van der Waals surface area (Å²) in [5.41, 5.74) is 2.09. The topological polar surface area (TPSA) is 56.1 Å². The number of hydrogen-bond acceptors (Lipinski definition) is 4. The van der Waals surface area contributed by atoms with E-state index >= 15 is 0 Å². The third-order valence-corrected chi connectivity index (χ3v) is 4.91. The number of nitrogens with zero attached hydrogens (tertiary/aromatic N) is 2. The number of benzene rings is 2. The number of ether oxygens (including phenoxy) is 1. The maximum absolute atomic E-state index is 13.2. The van der Waals surface area contributed by atoms with Crippen molar-refractivity contribution >= 4 is 23.4 Å². The Bertz CT molecular complexity index is 958. The van der Waals surface area contributed by atoms with Crippen molar-refractivity contribution in [3.8, 4) is 17.0 Å². The third kappa shape index (κ3) is 4.46. The van der Waals surface area contributed by atoms with Crippen LogP contribution in [0.1, 0.15) is 0 Å². The lowest BCUT2D eigenvalue weighted by Gasteiger charge is -2.08. The maximum Gasteiger partial charge on any atom is 0.234 e. The number of hydrogen-bond donors (Lipinski definition) is 1. The van der Waals surface area contributed by atoms with Crippen LogP contribution in [0.2, 0.25) is 0 Å². The standard InChI is InChI=1S/C19H17F2N3O2S/c1-24-17(12-3-6-14(26-2)7-4-12)10-22-19(24)27-11-18(25)23-13-5-8-15(20)16(21)9-13/h3-10H,11H2,1-2H3,(H,23,25). The number of carbonyl (C=O) groups is 1. The van der Waals surface area contributed by atoms with E-state index in [0.29, 0.717) is 5.16 Å². The van der Waals surface area contributed by atoms with E-state index in [9.17, 15) is 13.6 Å². The van der Waals surface area contributed by atoms with Gasteiger partial charge in [-0.3, -0.25) is 4.79 Å². The van der Waals surface area contributed by atoms with Gasteiger partial charge in [-0.15, -0.1) is 0 Å². The second kappa shape index (κ2) is 8.22. The molecule has 1 aromatic heterocycles. The Morgan fingerprint density at radius 3 is 2.59 bits per heavy atom. The molecule has 8 heteroatoms. The van der Waals surface area contributed by atoms with E-state index in [1.807, 2.05) is 35.9 Å². The quantitative estimate of drug-likeness (QED) is 0.645. The van der Waals surface area contributed by atoms with Gasteiger partial charge in [0.1, 0.15) is 5.75 Å². The minimum absolute atomic E-state index is 0.0892. The van der Waals surface area contributed by atoms with Gasteiger partial charge >= 0.3 is 0 Å². The number of amides is 1. The number of aromatic nitrogens is 2. The first-order valence-electron chi connectivity index (χ1n) is 8.02. The molecule has 0 bridgehead atoms. The Kier molecular flexibility index (Phi) is 5.75. The Balaban J connectivity index is 1.63. The van der Waals surface area contributed by atoms with Gasteiger partial charge in [0.05, 0.1) is 24.8 Å². The predicted molar refractivity (Wildman–Crippen MR) is 101 cm³/mol. The highest BCUT2D eigenvalue weighted by Gasteiger charge is 2.12. The second-order valence-electron chi connectivity index (χ2n) is 5.68. The van der Waals surface area contributed by atoms with Gasteiger partial charge in [0, 0.05) is 24.4 Å². The normalized spacial score (nSPS) is 10.7. The van der Waals surface area contributed by atoms with Gasteiger partial charge in [0.15, 0.2) is 16.8 Å². The van der Waals surface area contributed by atoms with E-state index in [2.05, 4.69) is 10.3 Å². The van der Waals surface area contributed by atoms with Crippen LogP contribution in [0.5, 0.6) is 5.75 Å². The summed E-state index contributed by atoms with van der Waals surface area (Å²) in [4.78, 5) is 16.4. The lowest BCUT2D eigenvalue weighted by Crippen LogP contribution is -2.14. The zero-order chi connectivity index (χ0) is 19.4. The molecular formula is C19H17F2N3O2S. The molecule has 0 aliphatic carbocycles. The Morgan fingerprint density at radius 2 is 1.93 bits per heavy atom. The van der Waals surface area contributed by atoms with E-state index in [-0.39, 0.29) is 17.3 Å². The molecule has 3 aromatic rings. The van der Waals surface area contributed by atoms with E-state index < -0.39 is 11.6 Å². The summed E-state index contributed by atoms with van der Waals surface area (Å²) in [5.74, 6) is -1.44. The fourth-order valence-corrected chi connectivity index (χ4v) is 3.21. The van der Waals surface area contributed by atoms with Crippen molar-refractivity contribution in [3.05, 3.63) is 60.3 Å². The fourth-order valence-electron chi connectivity index (χ4n) is 2.46. The number of nitrogens with one attached hydrogen (secondary N) is 1. The van der Waals surface area contributed by atoms with Gasteiger partial charge in [-0.1, -0.05) is 11.8 Å². The van der Waals surface area contributed by atoms with Crippen LogP contribution in [0.25, 0.3) is 11.3 Å². The smallest absolute Gasteiger partial charge is 0.234 e. The summed E-state index contributed by atoms with van der Waals surface area (Å²) in [5, 5.41) is 3.20. The van der Waals surface area contributed by atoms with Crippen molar-refractivity contribution in [2.24, 2.45) is 7.05 Å². The SMILES string of the molecule is COc1ccc(-c2cnc(SCC(=O)Nc3ccc(F)c(F)c3)n2C)cc1. The molecule has 0 saturated heterocycles. The van der Waals surface area contributed by atoms with E-state index in [1.165, 1.54) is 17.8 Å². The van der Waals surface area contributed by atoms with Gasteiger partial charge in [-0.05, 0) is 36.4 Å². The summed E-state index contributed by atoms with van der Waals surface area (Å²) in [6.07, 6.45) is 1.73. The molecular weight excluding hydrogens is 372 g/mol. The average Bonchev–Trinajstić information content (AvgIpc) is 3.03. The van der Waals surface area contributed by atoms with Gasteiger partial charge < -0.3 is 14.6 Å². The first kappa shape index (κ1) is 18.9. The lowest BCUT2D eigenvalue weighted by molar-refractivity contribution is -0.113. The molecule has 0 aliphatic heterocycles. The van der Waals surface area contributed by atoms with E-state index in [1.54, 1.807) is 13.3 Å². The largest absolute Gasteiger partial charge is 0.497 e. The van der Waals surface area contributed by atoms with Crippen LogP contribution in [0, 0.1) is 11.6 Å². The number of carbonyl (C=O) groups excluding carboxylic acids is 1. The Hall–Kier alpha value is -2.87. The molecule has 1 heterocycles. The summed E-state index contributed by atoms with van der Waals surface area (Å²) in [7, 11) is 3.47. The number of anilines is 1. The van der Waals surface area contributed by atoms with Crippen LogP contribution < -0.4 is 10.1 Å². The molecule has 1 amide bonds. The summed E-state index contributed by atoms with van der Waals surface area (Å²) in [6.45, 7) is 0. The van der Waals surface area contributed by atoms with Crippen molar-refractivity contribution in [3.63, 3.8) is 0 Å². The summed E-state index contributed by atoms with van der Waals surface area (Å²) >= 11 is 1.25. The molecule has 2 aromatic carbocycles.